The number of thiophene rings is 1. The van der Waals surface area contributed by atoms with Gasteiger partial charge in [0.05, 0.1) is 11.1 Å². The summed E-state index contributed by atoms with van der Waals surface area (Å²) in [7, 11) is 0. The second kappa shape index (κ2) is 7.61. The number of benzene rings is 1. The number of piperidine rings is 1. The molecule has 0 aliphatic carbocycles. The average molecular weight is 414 g/mol. The Labute approximate surface area is 172 Å². The predicted molar refractivity (Wildman–Crippen MR) is 114 cm³/mol. The molecule has 8 heteroatoms. The van der Waals surface area contributed by atoms with Gasteiger partial charge in [-0.2, -0.15) is 0 Å². The van der Waals surface area contributed by atoms with Crippen LogP contribution in [0, 0.1) is 11.2 Å². The molecule has 29 heavy (non-hydrogen) atoms. The van der Waals surface area contributed by atoms with Gasteiger partial charge in [-0.1, -0.05) is 13.0 Å². The predicted octanol–water partition coefficient (Wildman–Crippen LogP) is 3.46. The van der Waals surface area contributed by atoms with E-state index in [9.17, 15) is 9.18 Å². The number of carbonyl (C=O) groups is 1. The molecule has 0 spiro atoms. The van der Waals surface area contributed by atoms with E-state index in [0.717, 1.165) is 44.1 Å². The van der Waals surface area contributed by atoms with E-state index in [1.54, 1.807) is 17.5 Å². The minimum absolute atomic E-state index is 0.0646. The van der Waals surface area contributed by atoms with Crippen molar-refractivity contribution in [1.29, 1.82) is 0 Å². The van der Waals surface area contributed by atoms with Gasteiger partial charge in [0, 0.05) is 23.2 Å². The summed E-state index contributed by atoms with van der Waals surface area (Å²) >= 11 is 1.77. The maximum atomic E-state index is 13.9. The number of H-pyrrole nitrogens is 1. The van der Waals surface area contributed by atoms with Gasteiger partial charge in [-0.15, -0.1) is 11.3 Å². The highest BCUT2D eigenvalue weighted by Crippen LogP contribution is 2.43. The minimum Gasteiger partial charge on any atom is -0.404 e. The summed E-state index contributed by atoms with van der Waals surface area (Å²) in [5.74, 6) is -0.684. The molecule has 1 aromatic carbocycles. The van der Waals surface area contributed by atoms with Crippen molar-refractivity contribution in [3.63, 3.8) is 0 Å². The third-order valence-electron chi connectivity index (χ3n) is 5.81. The van der Waals surface area contributed by atoms with Crippen molar-refractivity contribution in [3.8, 4) is 0 Å². The molecule has 0 radical (unpaired) electrons. The van der Waals surface area contributed by atoms with Gasteiger partial charge in [0.15, 0.2) is 0 Å². The minimum atomic E-state index is -0.709. The first-order valence-electron chi connectivity index (χ1n) is 9.56. The largest absolute Gasteiger partial charge is 0.404 e. The molecule has 3 aromatic rings. The van der Waals surface area contributed by atoms with E-state index in [1.165, 1.54) is 10.9 Å². The topological polar surface area (TPSA) is 101 Å². The van der Waals surface area contributed by atoms with Gasteiger partial charge >= 0.3 is 0 Å². The van der Waals surface area contributed by atoms with Crippen LogP contribution in [0.5, 0.6) is 0 Å². The normalized spacial score (nSPS) is 17.7. The van der Waals surface area contributed by atoms with E-state index >= 15 is 0 Å². The lowest BCUT2D eigenvalue weighted by molar-refractivity contribution is 0.100. The number of hydrogen-bond donors (Lipinski definition) is 3. The zero-order valence-corrected chi connectivity index (χ0v) is 17.1. The summed E-state index contributed by atoms with van der Waals surface area (Å²) in [6.45, 7) is 5.04. The molecule has 1 amide bonds. The zero-order valence-electron chi connectivity index (χ0n) is 16.2. The van der Waals surface area contributed by atoms with Crippen LogP contribution in [0.15, 0.2) is 35.8 Å². The van der Waals surface area contributed by atoms with Crippen LogP contribution in [0.2, 0.25) is 0 Å². The first-order chi connectivity index (χ1) is 13.9. The molecule has 6 nitrogen and oxygen atoms in total. The Morgan fingerprint density at radius 3 is 2.79 bits per heavy atom. The van der Waals surface area contributed by atoms with Crippen LogP contribution in [0.3, 0.4) is 0 Å². The fourth-order valence-electron chi connectivity index (χ4n) is 4.06. The Bertz CT molecular complexity index is 1060. The number of likely N-dealkylation sites (tertiary alicyclic amines) is 1. The standard InChI is InChI=1S/C21H24FN5OS/c1-21(4-6-27(7-5-21)12-14-3-2-8-29-14)16(11-23)20-25-17-10-13(22)9-15(19(24)28)18(17)26-20/h2-3,8-11H,4-7,12,23H2,1H3,(H2,24,28)(H,25,26). The molecular weight excluding hydrogens is 389 g/mol. The molecule has 152 valence electrons. The molecule has 1 aliphatic heterocycles. The molecule has 4 rings (SSSR count). The molecule has 2 aromatic heterocycles. The number of fused-ring (bicyclic) bond motifs is 1. The summed E-state index contributed by atoms with van der Waals surface area (Å²) in [6, 6.07) is 6.67. The number of imidazole rings is 1. The third-order valence-corrected chi connectivity index (χ3v) is 6.67. The number of halogens is 1. The van der Waals surface area contributed by atoms with Crippen LogP contribution in [0.4, 0.5) is 4.39 Å². The molecule has 5 N–H and O–H groups in total. The molecule has 0 bridgehead atoms. The van der Waals surface area contributed by atoms with Crippen molar-refractivity contribution >= 4 is 33.9 Å². The molecule has 3 heterocycles. The van der Waals surface area contributed by atoms with Gasteiger partial charge in [-0.05, 0) is 54.9 Å². The van der Waals surface area contributed by atoms with E-state index in [-0.39, 0.29) is 11.0 Å². The highest BCUT2D eigenvalue weighted by molar-refractivity contribution is 7.09. The third kappa shape index (κ3) is 3.77. The number of primary amides is 1. The molecule has 1 aliphatic rings. The summed E-state index contributed by atoms with van der Waals surface area (Å²) in [6.07, 6.45) is 3.43. The maximum Gasteiger partial charge on any atom is 0.251 e. The lowest BCUT2D eigenvalue weighted by Gasteiger charge is -2.40. The van der Waals surface area contributed by atoms with Crippen LogP contribution in [0.25, 0.3) is 16.6 Å². The van der Waals surface area contributed by atoms with Gasteiger partial charge in [0.1, 0.15) is 17.2 Å². The summed E-state index contributed by atoms with van der Waals surface area (Å²) in [5, 5.41) is 2.10. The van der Waals surface area contributed by atoms with Crippen LogP contribution in [-0.4, -0.2) is 33.9 Å². The van der Waals surface area contributed by atoms with E-state index in [2.05, 4.69) is 39.3 Å². The number of amides is 1. The molecular formula is C21H24FN5OS. The summed E-state index contributed by atoms with van der Waals surface area (Å²) < 4.78 is 13.9. The zero-order chi connectivity index (χ0) is 20.6. The van der Waals surface area contributed by atoms with Gasteiger partial charge in [0.2, 0.25) is 0 Å². The van der Waals surface area contributed by atoms with Crippen molar-refractivity contribution in [2.45, 2.75) is 26.3 Å². The molecule has 1 fully saturated rings. The van der Waals surface area contributed by atoms with Crippen LogP contribution in [-0.2, 0) is 6.54 Å². The highest BCUT2D eigenvalue weighted by Gasteiger charge is 2.35. The maximum absolute atomic E-state index is 13.9. The Morgan fingerprint density at radius 2 is 2.17 bits per heavy atom. The van der Waals surface area contributed by atoms with Crippen molar-refractivity contribution in [2.24, 2.45) is 16.9 Å². The van der Waals surface area contributed by atoms with Crippen LogP contribution >= 0.6 is 11.3 Å². The highest BCUT2D eigenvalue weighted by atomic mass is 32.1. The number of nitrogens with zero attached hydrogens (tertiary/aromatic N) is 2. The van der Waals surface area contributed by atoms with Crippen molar-refractivity contribution < 1.29 is 9.18 Å². The lowest BCUT2D eigenvalue weighted by atomic mass is 9.74. The smallest absolute Gasteiger partial charge is 0.251 e. The van der Waals surface area contributed by atoms with Crippen LogP contribution < -0.4 is 11.5 Å². The van der Waals surface area contributed by atoms with Gasteiger partial charge in [-0.3, -0.25) is 9.69 Å². The Morgan fingerprint density at radius 1 is 1.41 bits per heavy atom. The van der Waals surface area contributed by atoms with Crippen molar-refractivity contribution in [3.05, 3.63) is 57.9 Å². The number of nitrogens with two attached hydrogens (primary N) is 2. The van der Waals surface area contributed by atoms with E-state index in [0.29, 0.717) is 16.9 Å². The molecule has 0 unspecified atom stereocenters. The average Bonchev–Trinajstić information content (AvgIpc) is 3.33. The second-order valence-electron chi connectivity index (χ2n) is 7.80. The number of aromatic amines is 1. The van der Waals surface area contributed by atoms with E-state index in [1.807, 2.05) is 0 Å². The Balaban J connectivity index is 1.59. The number of carbonyl (C=O) groups excluding carboxylic acids is 1. The van der Waals surface area contributed by atoms with Gasteiger partial charge < -0.3 is 16.5 Å². The molecule has 0 saturated carbocycles. The molecule has 1 saturated heterocycles. The van der Waals surface area contributed by atoms with Crippen molar-refractivity contribution in [2.75, 3.05) is 13.1 Å². The Hall–Kier alpha value is -2.71. The Kier molecular flexibility index (Phi) is 5.14. The number of allylic oxidation sites excluding steroid dienone is 1. The first kappa shape index (κ1) is 19.6. The van der Waals surface area contributed by atoms with Gasteiger partial charge in [0.25, 0.3) is 5.91 Å². The van der Waals surface area contributed by atoms with Gasteiger partial charge in [-0.25, -0.2) is 9.37 Å². The fourth-order valence-corrected chi connectivity index (χ4v) is 4.81. The number of aromatic nitrogens is 2. The van der Waals surface area contributed by atoms with E-state index < -0.39 is 11.7 Å². The second-order valence-corrected chi connectivity index (χ2v) is 8.83. The number of nitrogens with one attached hydrogen (secondary N) is 1. The SMILES string of the molecule is CC1(C(=CN)c2nc3c(C(N)=O)cc(F)cc3[nH]2)CCN(Cc2cccs2)CC1. The summed E-state index contributed by atoms with van der Waals surface area (Å²) in [4.78, 5) is 23.2. The summed E-state index contributed by atoms with van der Waals surface area (Å²) in [5.41, 5.74) is 13.0. The number of rotatable bonds is 5. The lowest BCUT2D eigenvalue weighted by Crippen LogP contribution is -2.39. The van der Waals surface area contributed by atoms with Crippen molar-refractivity contribution in [1.82, 2.24) is 14.9 Å². The van der Waals surface area contributed by atoms with Crippen LogP contribution in [0.1, 0.15) is 40.8 Å². The quantitative estimate of drug-likeness (QED) is 0.596. The number of hydrogen-bond acceptors (Lipinski definition) is 5. The van der Waals surface area contributed by atoms with E-state index in [4.69, 9.17) is 11.5 Å². The molecule has 0 atom stereocenters. The monoisotopic (exact) mass is 413 g/mol. The first-order valence-corrected chi connectivity index (χ1v) is 10.4. The fraction of sp³-hybridized carbons (Fsp3) is 0.333.